The van der Waals surface area contributed by atoms with Crippen molar-refractivity contribution in [2.24, 2.45) is 0 Å². The van der Waals surface area contributed by atoms with E-state index in [0.29, 0.717) is 9.21 Å². The molecule has 2 N–H and O–H groups in total. The fraction of sp³-hybridized carbons (Fsp3) is 0.556. The van der Waals surface area contributed by atoms with Gasteiger partial charge in [-0.3, -0.25) is 19.7 Å². The molecule has 1 aliphatic rings. The molecule has 3 amide bonds. The third kappa shape index (κ3) is 7.30. The van der Waals surface area contributed by atoms with Crippen LogP contribution >= 0.6 is 22.9 Å². The second-order valence-electron chi connectivity index (χ2n) is 6.46. The van der Waals surface area contributed by atoms with Crippen molar-refractivity contribution in [2.75, 3.05) is 0 Å². The molecule has 1 fully saturated rings. The number of thiophene rings is 1. The predicted octanol–water partition coefficient (Wildman–Crippen LogP) is 3.45. The fourth-order valence-electron chi connectivity index (χ4n) is 2.79. The Kier molecular flexibility index (Phi) is 8.24. The molecular formula is C18H23ClN2O5S. The van der Waals surface area contributed by atoms with E-state index in [1.54, 1.807) is 12.1 Å². The van der Waals surface area contributed by atoms with E-state index in [9.17, 15) is 19.2 Å². The van der Waals surface area contributed by atoms with Crippen molar-refractivity contribution in [3.8, 4) is 0 Å². The molecule has 2 rings (SSSR count). The molecule has 1 atom stereocenters. The lowest BCUT2D eigenvalue weighted by Gasteiger charge is -2.23. The van der Waals surface area contributed by atoms with Gasteiger partial charge in [-0.25, -0.2) is 4.79 Å². The number of ether oxygens (including phenoxy) is 1. The van der Waals surface area contributed by atoms with Gasteiger partial charge >= 0.3 is 12.0 Å². The molecular weight excluding hydrogens is 392 g/mol. The van der Waals surface area contributed by atoms with Gasteiger partial charge in [0, 0.05) is 12.5 Å². The molecule has 0 aliphatic heterocycles. The summed E-state index contributed by atoms with van der Waals surface area (Å²) >= 11 is 6.91. The van der Waals surface area contributed by atoms with Gasteiger partial charge in [0.15, 0.2) is 11.9 Å². The molecule has 0 aromatic carbocycles. The first kappa shape index (κ1) is 21.4. The van der Waals surface area contributed by atoms with Gasteiger partial charge in [-0.1, -0.05) is 30.9 Å². The normalized spacial score (nSPS) is 15.6. The van der Waals surface area contributed by atoms with Crippen LogP contribution < -0.4 is 10.6 Å². The zero-order valence-electron chi connectivity index (χ0n) is 15.1. The summed E-state index contributed by atoms with van der Waals surface area (Å²) in [5.74, 6) is -1.60. The van der Waals surface area contributed by atoms with Crippen LogP contribution in [0.1, 0.15) is 61.5 Å². The van der Waals surface area contributed by atoms with Crippen molar-refractivity contribution < 1.29 is 23.9 Å². The lowest BCUT2D eigenvalue weighted by atomic mass is 9.96. The summed E-state index contributed by atoms with van der Waals surface area (Å²) in [5.41, 5.74) is 0. The maximum atomic E-state index is 12.0. The number of hydrogen-bond acceptors (Lipinski definition) is 6. The maximum Gasteiger partial charge on any atom is 0.321 e. The second-order valence-corrected chi connectivity index (χ2v) is 8.17. The van der Waals surface area contributed by atoms with E-state index in [1.165, 1.54) is 6.92 Å². The van der Waals surface area contributed by atoms with Crippen molar-refractivity contribution in [2.45, 2.75) is 64.0 Å². The molecule has 0 saturated heterocycles. The SMILES string of the molecule is C[C@H](OC(=O)CCC(=O)c1ccc(Cl)s1)C(=O)NC(=O)NC1CCCCC1. The highest BCUT2D eigenvalue weighted by molar-refractivity contribution is 7.18. The summed E-state index contributed by atoms with van der Waals surface area (Å²) in [4.78, 5) is 48.0. The number of carbonyl (C=O) groups is 4. The number of Topliss-reactive ketones (excluding diaryl/α,β-unsaturated/α-hetero) is 1. The van der Waals surface area contributed by atoms with Gasteiger partial charge in [0.2, 0.25) is 0 Å². The Balaban J connectivity index is 1.68. The average molecular weight is 415 g/mol. The largest absolute Gasteiger partial charge is 0.453 e. The van der Waals surface area contributed by atoms with Crippen LogP contribution in [-0.4, -0.2) is 35.8 Å². The van der Waals surface area contributed by atoms with Crippen LogP contribution in [0, 0.1) is 0 Å². The molecule has 0 spiro atoms. The molecule has 0 radical (unpaired) electrons. The summed E-state index contributed by atoms with van der Waals surface area (Å²) in [6.45, 7) is 1.38. The number of esters is 1. The molecule has 0 unspecified atom stereocenters. The smallest absolute Gasteiger partial charge is 0.321 e. The summed E-state index contributed by atoms with van der Waals surface area (Å²) in [6.07, 6.45) is 3.76. The van der Waals surface area contributed by atoms with Gasteiger partial charge in [-0.15, -0.1) is 11.3 Å². The Hall–Kier alpha value is -1.93. The van der Waals surface area contributed by atoms with Crippen molar-refractivity contribution in [3.63, 3.8) is 0 Å². The van der Waals surface area contributed by atoms with E-state index >= 15 is 0 Å². The van der Waals surface area contributed by atoms with Crippen LogP contribution in [0.5, 0.6) is 0 Å². The van der Waals surface area contributed by atoms with E-state index < -0.39 is 24.0 Å². The summed E-state index contributed by atoms with van der Waals surface area (Å²) < 4.78 is 5.49. The van der Waals surface area contributed by atoms with Gasteiger partial charge in [0.05, 0.1) is 15.6 Å². The molecule has 1 aromatic heterocycles. The van der Waals surface area contributed by atoms with E-state index in [1.807, 2.05) is 0 Å². The highest BCUT2D eigenvalue weighted by Crippen LogP contribution is 2.23. The highest BCUT2D eigenvalue weighted by atomic mass is 35.5. The number of nitrogens with one attached hydrogen (secondary N) is 2. The quantitative estimate of drug-likeness (QED) is 0.525. The summed E-state index contributed by atoms with van der Waals surface area (Å²) in [5, 5.41) is 4.93. The van der Waals surface area contributed by atoms with Crippen LogP contribution in [0.25, 0.3) is 0 Å². The van der Waals surface area contributed by atoms with Crippen molar-refractivity contribution in [3.05, 3.63) is 21.3 Å². The highest BCUT2D eigenvalue weighted by Gasteiger charge is 2.22. The molecule has 7 nitrogen and oxygen atoms in total. The Morgan fingerprint density at radius 1 is 1.19 bits per heavy atom. The summed E-state index contributed by atoms with van der Waals surface area (Å²) in [6, 6.07) is 2.70. The van der Waals surface area contributed by atoms with Crippen LogP contribution in [0.2, 0.25) is 4.34 Å². The standard InChI is InChI=1S/C18H23ClN2O5S/c1-11(17(24)21-18(25)20-12-5-3-2-4-6-12)26-16(23)10-7-13(22)14-8-9-15(19)27-14/h8-9,11-12H,2-7,10H2,1H3,(H2,20,21,24,25)/t11-/m0/s1. The van der Waals surface area contributed by atoms with E-state index in [-0.39, 0.29) is 24.7 Å². The van der Waals surface area contributed by atoms with Crippen LogP contribution in [0.4, 0.5) is 4.79 Å². The van der Waals surface area contributed by atoms with Gasteiger partial charge in [0.25, 0.3) is 5.91 Å². The monoisotopic (exact) mass is 414 g/mol. The maximum absolute atomic E-state index is 12.0. The van der Waals surface area contributed by atoms with Crippen molar-refractivity contribution in [1.82, 2.24) is 10.6 Å². The van der Waals surface area contributed by atoms with Gasteiger partial charge in [-0.2, -0.15) is 0 Å². The predicted molar refractivity (Wildman–Crippen MR) is 102 cm³/mol. The molecule has 0 bridgehead atoms. The first-order valence-corrected chi connectivity index (χ1v) is 10.1. The number of halogens is 1. The molecule has 1 saturated carbocycles. The van der Waals surface area contributed by atoms with Crippen LogP contribution in [0.15, 0.2) is 12.1 Å². The Bertz CT molecular complexity index is 700. The lowest BCUT2D eigenvalue weighted by molar-refractivity contribution is -0.154. The number of carbonyl (C=O) groups excluding carboxylic acids is 4. The van der Waals surface area contributed by atoms with E-state index in [2.05, 4.69) is 10.6 Å². The number of hydrogen-bond donors (Lipinski definition) is 2. The number of ketones is 1. The van der Waals surface area contributed by atoms with Crippen LogP contribution in [-0.2, 0) is 14.3 Å². The Morgan fingerprint density at radius 2 is 1.89 bits per heavy atom. The zero-order chi connectivity index (χ0) is 19.8. The molecule has 27 heavy (non-hydrogen) atoms. The van der Waals surface area contributed by atoms with E-state index in [4.69, 9.17) is 16.3 Å². The minimum atomic E-state index is -1.12. The van der Waals surface area contributed by atoms with Gasteiger partial charge < -0.3 is 10.1 Å². The Labute approximate surface area is 166 Å². The van der Waals surface area contributed by atoms with Gasteiger partial charge in [0.1, 0.15) is 0 Å². The second kappa shape index (κ2) is 10.4. The third-order valence-electron chi connectivity index (χ3n) is 4.26. The first-order chi connectivity index (χ1) is 12.8. The lowest BCUT2D eigenvalue weighted by Crippen LogP contribution is -2.48. The zero-order valence-corrected chi connectivity index (χ0v) is 16.7. The molecule has 1 aliphatic carbocycles. The Morgan fingerprint density at radius 3 is 2.52 bits per heavy atom. The van der Waals surface area contributed by atoms with Gasteiger partial charge in [-0.05, 0) is 31.9 Å². The van der Waals surface area contributed by atoms with Crippen molar-refractivity contribution in [1.29, 1.82) is 0 Å². The van der Waals surface area contributed by atoms with Crippen molar-refractivity contribution >= 4 is 46.6 Å². The number of urea groups is 1. The fourth-order valence-corrected chi connectivity index (χ4v) is 3.80. The molecule has 1 aromatic rings. The van der Waals surface area contributed by atoms with E-state index in [0.717, 1.165) is 43.4 Å². The van der Waals surface area contributed by atoms with Crippen LogP contribution in [0.3, 0.4) is 0 Å². The average Bonchev–Trinajstić information content (AvgIpc) is 3.06. The minimum Gasteiger partial charge on any atom is -0.453 e. The molecule has 9 heteroatoms. The molecule has 148 valence electrons. The number of imide groups is 1. The first-order valence-electron chi connectivity index (χ1n) is 8.94. The minimum absolute atomic E-state index is 0.0355. The topological polar surface area (TPSA) is 102 Å². The summed E-state index contributed by atoms with van der Waals surface area (Å²) in [7, 11) is 0. The third-order valence-corrected chi connectivity index (χ3v) is 5.53. The molecule has 1 heterocycles. The number of amides is 3. The number of rotatable bonds is 7.